The van der Waals surface area contributed by atoms with Crippen LogP contribution in [-0.2, 0) is 12.8 Å². The van der Waals surface area contributed by atoms with E-state index in [2.05, 4.69) is 71.3 Å². The Bertz CT molecular complexity index is 543. The lowest BCUT2D eigenvalue weighted by atomic mass is 9.82. The minimum absolute atomic E-state index is 0. The number of nitrogens with one attached hydrogen (secondary N) is 2. The first-order chi connectivity index (χ1) is 12.9. The maximum atomic E-state index is 3.67. The summed E-state index contributed by atoms with van der Waals surface area (Å²) in [5.74, 6) is 1.76. The third-order valence-electron chi connectivity index (χ3n) is 5.70. The molecule has 28 heavy (non-hydrogen) atoms. The van der Waals surface area contributed by atoms with Gasteiger partial charge in [-0.2, -0.15) is 0 Å². The second-order valence-corrected chi connectivity index (χ2v) is 7.77. The summed E-state index contributed by atoms with van der Waals surface area (Å²) in [5, 5.41) is 7.35. The van der Waals surface area contributed by atoms with Crippen LogP contribution in [0.4, 0.5) is 0 Å². The Hall–Kier alpha value is -1.06. The maximum absolute atomic E-state index is 3.67. The van der Waals surface area contributed by atoms with Crippen LogP contribution in [0.2, 0.25) is 0 Å². The number of hydrogen-bond acceptors (Lipinski definition) is 2. The molecule has 1 aliphatic carbocycles. The molecule has 0 saturated heterocycles. The predicted molar refractivity (Wildman–Crippen MR) is 126 cm³/mol. The molecule has 1 saturated carbocycles. The normalized spacial score (nSPS) is 18.7. The van der Waals surface area contributed by atoms with E-state index in [9.17, 15) is 0 Å². The van der Waals surface area contributed by atoms with E-state index in [0.717, 1.165) is 37.8 Å². The van der Waals surface area contributed by atoms with Crippen LogP contribution in [0, 0.1) is 11.8 Å². The van der Waals surface area contributed by atoms with Crippen LogP contribution in [0.1, 0.15) is 36.8 Å². The third kappa shape index (κ3) is 9.43. The van der Waals surface area contributed by atoms with Crippen molar-refractivity contribution in [2.45, 2.75) is 38.5 Å². The fourth-order valence-electron chi connectivity index (χ4n) is 4.01. The summed E-state index contributed by atoms with van der Waals surface area (Å²) in [4.78, 5) is 0. The van der Waals surface area contributed by atoms with E-state index < -0.39 is 0 Å². The van der Waals surface area contributed by atoms with Gasteiger partial charge in [0, 0.05) is 0 Å². The highest BCUT2D eigenvalue weighted by Crippen LogP contribution is 2.27. The Kier molecular flexibility index (Phi) is 13.3. The molecule has 0 aromatic heterocycles. The molecule has 0 unspecified atom stereocenters. The predicted octanol–water partition coefficient (Wildman–Crippen LogP) is 5.30. The van der Waals surface area contributed by atoms with Crippen molar-refractivity contribution < 1.29 is 0 Å². The van der Waals surface area contributed by atoms with E-state index in [1.54, 1.807) is 0 Å². The van der Waals surface area contributed by atoms with Gasteiger partial charge in [-0.3, -0.25) is 0 Å². The van der Waals surface area contributed by atoms with Gasteiger partial charge in [-0.1, -0.05) is 60.7 Å². The first kappa shape index (κ1) is 25.0. The summed E-state index contributed by atoms with van der Waals surface area (Å²) in [6, 6.07) is 21.6. The van der Waals surface area contributed by atoms with Crippen LogP contribution in [-0.4, -0.2) is 26.2 Å². The average Bonchev–Trinajstić information content (AvgIpc) is 2.71. The third-order valence-corrected chi connectivity index (χ3v) is 5.70. The molecule has 0 aliphatic heterocycles. The Morgan fingerprint density at radius 2 is 0.929 bits per heavy atom. The lowest BCUT2D eigenvalue weighted by molar-refractivity contribution is 0.262. The van der Waals surface area contributed by atoms with Gasteiger partial charge >= 0.3 is 0 Å². The summed E-state index contributed by atoms with van der Waals surface area (Å²) in [5.41, 5.74) is 2.87. The molecule has 0 atom stereocenters. The topological polar surface area (TPSA) is 24.1 Å². The molecular formula is C24H36Cl2N2. The van der Waals surface area contributed by atoms with Crippen LogP contribution in [0.25, 0.3) is 0 Å². The SMILES string of the molecule is Cl.Cl.c1ccc(CCNCC2CCC(CNCCc3ccccc3)CC2)cc1. The first-order valence-corrected chi connectivity index (χ1v) is 10.4. The molecule has 1 fully saturated rings. The van der Waals surface area contributed by atoms with Crippen molar-refractivity contribution >= 4 is 24.8 Å². The van der Waals surface area contributed by atoms with Crippen LogP contribution >= 0.6 is 24.8 Å². The Morgan fingerprint density at radius 3 is 1.29 bits per heavy atom. The molecule has 0 bridgehead atoms. The zero-order valence-corrected chi connectivity index (χ0v) is 18.4. The summed E-state index contributed by atoms with van der Waals surface area (Å²) in [7, 11) is 0. The lowest BCUT2D eigenvalue weighted by Crippen LogP contribution is -2.31. The average molecular weight is 423 g/mol. The molecule has 3 rings (SSSR count). The van der Waals surface area contributed by atoms with Gasteiger partial charge in [-0.15, -0.1) is 24.8 Å². The second kappa shape index (κ2) is 14.9. The van der Waals surface area contributed by atoms with Gasteiger partial charge < -0.3 is 10.6 Å². The number of rotatable bonds is 10. The summed E-state index contributed by atoms with van der Waals surface area (Å²) in [6.07, 6.45) is 7.85. The van der Waals surface area contributed by atoms with Crippen molar-refractivity contribution in [1.82, 2.24) is 10.6 Å². The van der Waals surface area contributed by atoms with Gasteiger partial charge in [0.2, 0.25) is 0 Å². The largest absolute Gasteiger partial charge is 0.316 e. The van der Waals surface area contributed by atoms with Crippen LogP contribution in [0.15, 0.2) is 60.7 Å². The van der Waals surface area contributed by atoms with Crippen molar-refractivity contribution in [3.05, 3.63) is 71.8 Å². The smallest absolute Gasteiger partial charge is 0.000824 e. The Labute approximate surface area is 183 Å². The van der Waals surface area contributed by atoms with Crippen molar-refractivity contribution in [2.75, 3.05) is 26.2 Å². The quantitative estimate of drug-likeness (QED) is 0.507. The van der Waals surface area contributed by atoms with Gasteiger partial charge in [0.25, 0.3) is 0 Å². The standard InChI is InChI=1S/C24H34N2.2ClH/c1-3-7-21(8-4-1)15-17-25-19-23-11-13-24(14-12-23)20-26-18-16-22-9-5-2-6-10-22;;/h1-10,23-26H,11-20H2;2*1H. The fourth-order valence-corrected chi connectivity index (χ4v) is 4.01. The zero-order chi connectivity index (χ0) is 17.9. The van der Waals surface area contributed by atoms with Crippen LogP contribution in [0.3, 0.4) is 0 Å². The minimum atomic E-state index is 0. The van der Waals surface area contributed by atoms with E-state index in [4.69, 9.17) is 0 Å². The van der Waals surface area contributed by atoms with Crippen molar-refractivity contribution in [3.63, 3.8) is 0 Å². The molecular weight excluding hydrogens is 387 g/mol. The monoisotopic (exact) mass is 422 g/mol. The lowest BCUT2D eigenvalue weighted by Gasteiger charge is -2.29. The second-order valence-electron chi connectivity index (χ2n) is 7.77. The fraction of sp³-hybridized carbons (Fsp3) is 0.500. The summed E-state index contributed by atoms with van der Waals surface area (Å²) >= 11 is 0. The molecule has 0 heterocycles. The van der Waals surface area contributed by atoms with Gasteiger partial charge in [0.15, 0.2) is 0 Å². The molecule has 2 N–H and O–H groups in total. The molecule has 4 heteroatoms. The van der Waals surface area contributed by atoms with Crippen molar-refractivity contribution in [1.29, 1.82) is 0 Å². The molecule has 2 aromatic carbocycles. The molecule has 1 aliphatic rings. The number of halogens is 2. The van der Waals surface area contributed by atoms with Gasteiger partial charge in [-0.25, -0.2) is 0 Å². The first-order valence-electron chi connectivity index (χ1n) is 10.4. The van der Waals surface area contributed by atoms with Gasteiger partial charge in [0.05, 0.1) is 0 Å². The van der Waals surface area contributed by atoms with E-state index >= 15 is 0 Å². The summed E-state index contributed by atoms with van der Waals surface area (Å²) in [6.45, 7) is 4.60. The maximum Gasteiger partial charge on any atom is -0.000824 e. The highest BCUT2D eigenvalue weighted by Gasteiger charge is 2.20. The van der Waals surface area contributed by atoms with Crippen molar-refractivity contribution in [2.24, 2.45) is 11.8 Å². The minimum Gasteiger partial charge on any atom is -0.316 e. The zero-order valence-electron chi connectivity index (χ0n) is 16.8. The molecule has 156 valence electrons. The van der Waals surface area contributed by atoms with Crippen LogP contribution < -0.4 is 10.6 Å². The van der Waals surface area contributed by atoms with Gasteiger partial charge in [0.1, 0.15) is 0 Å². The van der Waals surface area contributed by atoms with E-state index in [0.29, 0.717) is 0 Å². The van der Waals surface area contributed by atoms with Gasteiger partial charge in [-0.05, 0) is 87.7 Å². The van der Waals surface area contributed by atoms with Crippen molar-refractivity contribution in [3.8, 4) is 0 Å². The molecule has 0 amide bonds. The molecule has 2 nitrogen and oxygen atoms in total. The number of benzene rings is 2. The van der Waals surface area contributed by atoms with E-state index in [-0.39, 0.29) is 24.8 Å². The highest BCUT2D eigenvalue weighted by atomic mass is 35.5. The Morgan fingerprint density at radius 1 is 0.571 bits per heavy atom. The molecule has 0 radical (unpaired) electrons. The summed E-state index contributed by atoms with van der Waals surface area (Å²) < 4.78 is 0. The molecule has 2 aromatic rings. The van der Waals surface area contributed by atoms with E-state index in [1.807, 2.05) is 0 Å². The highest BCUT2D eigenvalue weighted by molar-refractivity contribution is 5.85. The van der Waals surface area contributed by atoms with E-state index in [1.165, 1.54) is 49.9 Å². The Balaban J connectivity index is 0.00000196. The number of hydrogen-bond donors (Lipinski definition) is 2. The van der Waals surface area contributed by atoms with Crippen LogP contribution in [0.5, 0.6) is 0 Å². The molecule has 0 spiro atoms.